The zero-order valence-corrected chi connectivity index (χ0v) is 15.0. The molecule has 1 rings (SSSR count). The molecule has 0 unspecified atom stereocenters. The Morgan fingerprint density at radius 2 is 1.75 bits per heavy atom. The van der Waals surface area contributed by atoms with Crippen molar-refractivity contribution in [1.82, 2.24) is 15.1 Å². The molecular weight excluding hydrogens is 250 g/mol. The molecule has 0 aliphatic carbocycles. The van der Waals surface area contributed by atoms with Gasteiger partial charge in [-0.15, -0.1) is 0 Å². The molecule has 0 saturated carbocycles. The molecule has 1 aliphatic heterocycles. The van der Waals surface area contributed by atoms with Crippen molar-refractivity contribution in [2.24, 2.45) is 0 Å². The predicted molar refractivity (Wildman–Crippen MR) is 89.1 cm³/mol. The third kappa shape index (κ3) is 8.54. The van der Waals surface area contributed by atoms with E-state index in [2.05, 4.69) is 31.1 Å². The van der Waals surface area contributed by atoms with Crippen molar-refractivity contribution in [3.8, 4) is 0 Å². The van der Waals surface area contributed by atoms with E-state index in [1.807, 2.05) is 39.6 Å². The van der Waals surface area contributed by atoms with Gasteiger partial charge in [0.1, 0.15) is 0 Å². The van der Waals surface area contributed by atoms with E-state index >= 15 is 0 Å². The lowest BCUT2D eigenvalue weighted by Gasteiger charge is -2.47. The molecule has 0 radical (unpaired) electrons. The molecule has 0 aromatic carbocycles. The van der Waals surface area contributed by atoms with E-state index < -0.39 is 0 Å². The van der Waals surface area contributed by atoms with Crippen molar-refractivity contribution in [2.45, 2.75) is 59.9 Å². The van der Waals surface area contributed by atoms with Gasteiger partial charge in [0, 0.05) is 45.2 Å². The number of hydrogen-bond acceptors (Lipinski definition) is 3. The topological polar surface area (TPSA) is 35.6 Å². The number of nitrogens with one attached hydrogen (secondary N) is 1. The van der Waals surface area contributed by atoms with Crippen molar-refractivity contribution >= 4 is 5.91 Å². The predicted octanol–water partition coefficient (Wildman–Crippen LogP) is 2.59. The highest BCUT2D eigenvalue weighted by Gasteiger charge is 2.35. The van der Waals surface area contributed by atoms with Gasteiger partial charge < -0.3 is 15.1 Å². The van der Waals surface area contributed by atoms with Gasteiger partial charge >= 0.3 is 0 Å². The summed E-state index contributed by atoms with van der Waals surface area (Å²) in [6.07, 6.45) is 1.63. The van der Waals surface area contributed by atoms with E-state index in [9.17, 15) is 4.79 Å². The molecule has 1 heterocycles. The van der Waals surface area contributed by atoms with E-state index in [0.29, 0.717) is 6.42 Å². The number of carbonyl (C=O) groups is 1. The smallest absolute Gasteiger partial charge is 0.223 e. The Kier molecular flexibility index (Phi) is 13.2. The van der Waals surface area contributed by atoms with Gasteiger partial charge in [-0.05, 0) is 20.4 Å². The summed E-state index contributed by atoms with van der Waals surface area (Å²) in [6, 6.07) is 0. The van der Waals surface area contributed by atoms with E-state index in [1.54, 1.807) is 0 Å². The molecule has 1 N–H and O–H groups in total. The van der Waals surface area contributed by atoms with E-state index in [1.165, 1.54) is 0 Å². The summed E-state index contributed by atoms with van der Waals surface area (Å²) in [5.41, 5.74) is 0.221. The van der Waals surface area contributed by atoms with Crippen LogP contribution >= 0.6 is 0 Å². The number of amides is 1. The summed E-state index contributed by atoms with van der Waals surface area (Å²) in [6.45, 7) is 16.1. The number of likely N-dealkylation sites (N-methyl/N-ethyl adjacent to an activating group) is 1. The van der Waals surface area contributed by atoms with Crippen LogP contribution in [0.15, 0.2) is 0 Å². The van der Waals surface area contributed by atoms with E-state index in [4.69, 9.17) is 0 Å². The molecule has 4 nitrogen and oxygen atoms in total. The quantitative estimate of drug-likeness (QED) is 0.815. The summed E-state index contributed by atoms with van der Waals surface area (Å²) in [7, 11) is 3.99. The van der Waals surface area contributed by atoms with Crippen molar-refractivity contribution < 1.29 is 4.79 Å². The SMILES string of the molecule is CC.CC.CCCN(C)C(=O)CCNC1(C)CN(C)C1. The van der Waals surface area contributed by atoms with Crippen LogP contribution < -0.4 is 5.32 Å². The second-order valence-corrected chi connectivity index (χ2v) is 5.23. The van der Waals surface area contributed by atoms with E-state index in [-0.39, 0.29) is 11.4 Å². The fourth-order valence-corrected chi connectivity index (χ4v) is 2.38. The Morgan fingerprint density at radius 1 is 1.25 bits per heavy atom. The average molecular weight is 287 g/mol. The molecule has 0 aromatic rings. The first-order valence-corrected chi connectivity index (χ1v) is 8.14. The largest absolute Gasteiger partial charge is 0.346 e. The number of likely N-dealkylation sites (tertiary alicyclic amines) is 1. The number of carbonyl (C=O) groups excluding carboxylic acids is 1. The maximum absolute atomic E-state index is 11.7. The van der Waals surface area contributed by atoms with E-state index in [0.717, 1.165) is 32.6 Å². The summed E-state index contributed by atoms with van der Waals surface area (Å²) >= 11 is 0. The fourth-order valence-electron chi connectivity index (χ4n) is 2.38. The standard InChI is InChI=1S/C12H25N3O.2C2H6/c1-5-8-15(4)11(16)6-7-13-12(2)9-14(3)10-12;2*1-2/h13H,5-10H2,1-4H3;2*1-2H3. The average Bonchev–Trinajstić information content (AvgIpc) is 2.42. The van der Waals surface area contributed by atoms with Crippen LogP contribution in [0.5, 0.6) is 0 Å². The molecule has 1 saturated heterocycles. The Bertz CT molecular complexity index is 238. The maximum Gasteiger partial charge on any atom is 0.223 e. The highest BCUT2D eigenvalue weighted by molar-refractivity contribution is 5.76. The van der Waals surface area contributed by atoms with Crippen molar-refractivity contribution in [3.63, 3.8) is 0 Å². The molecule has 0 spiro atoms. The second-order valence-electron chi connectivity index (χ2n) is 5.23. The van der Waals surface area contributed by atoms with Crippen LogP contribution in [0.3, 0.4) is 0 Å². The number of rotatable bonds is 6. The normalized spacial score (nSPS) is 16.0. The van der Waals surface area contributed by atoms with Crippen LogP contribution in [0.4, 0.5) is 0 Å². The monoisotopic (exact) mass is 287 g/mol. The van der Waals surface area contributed by atoms with Gasteiger partial charge in [-0.3, -0.25) is 4.79 Å². The maximum atomic E-state index is 11.7. The molecule has 4 heteroatoms. The van der Waals surface area contributed by atoms with Crippen LogP contribution in [0.1, 0.15) is 54.4 Å². The summed E-state index contributed by atoms with van der Waals surface area (Å²) < 4.78 is 0. The summed E-state index contributed by atoms with van der Waals surface area (Å²) in [4.78, 5) is 15.8. The van der Waals surface area contributed by atoms with Gasteiger partial charge in [-0.2, -0.15) is 0 Å². The van der Waals surface area contributed by atoms with Crippen LogP contribution in [0, 0.1) is 0 Å². The molecule has 1 aliphatic rings. The molecular formula is C16H37N3O. The summed E-state index contributed by atoms with van der Waals surface area (Å²) in [5.74, 6) is 0.241. The highest BCUT2D eigenvalue weighted by atomic mass is 16.2. The van der Waals surface area contributed by atoms with Crippen LogP contribution in [0.2, 0.25) is 0 Å². The van der Waals surface area contributed by atoms with Crippen molar-refractivity contribution in [1.29, 1.82) is 0 Å². The Labute approximate surface area is 126 Å². The van der Waals surface area contributed by atoms with Crippen LogP contribution in [-0.4, -0.2) is 61.5 Å². The van der Waals surface area contributed by atoms with Gasteiger partial charge in [-0.25, -0.2) is 0 Å². The van der Waals surface area contributed by atoms with Crippen LogP contribution in [-0.2, 0) is 4.79 Å². The zero-order valence-electron chi connectivity index (χ0n) is 15.0. The first-order chi connectivity index (χ1) is 9.47. The van der Waals surface area contributed by atoms with Gasteiger partial charge in [0.05, 0.1) is 0 Å². The fraction of sp³-hybridized carbons (Fsp3) is 0.938. The third-order valence-corrected chi connectivity index (χ3v) is 3.11. The van der Waals surface area contributed by atoms with Gasteiger partial charge in [-0.1, -0.05) is 34.6 Å². The second kappa shape index (κ2) is 12.2. The lowest BCUT2D eigenvalue weighted by Crippen LogP contribution is -2.66. The molecule has 122 valence electrons. The number of hydrogen-bond donors (Lipinski definition) is 1. The number of nitrogens with zero attached hydrogens (tertiary/aromatic N) is 2. The molecule has 20 heavy (non-hydrogen) atoms. The molecule has 0 atom stereocenters. The molecule has 1 amide bonds. The summed E-state index contributed by atoms with van der Waals surface area (Å²) in [5, 5.41) is 3.46. The van der Waals surface area contributed by atoms with Crippen molar-refractivity contribution in [2.75, 3.05) is 40.3 Å². The lowest BCUT2D eigenvalue weighted by atomic mass is 9.93. The Morgan fingerprint density at radius 3 is 2.15 bits per heavy atom. The molecule has 0 bridgehead atoms. The first-order valence-electron chi connectivity index (χ1n) is 8.14. The Hall–Kier alpha value is -0.610. The lowest BCUT2D eigenvalue weighted by molar-refractivity contribution is -0.129. The highest BCUT2D eigenvalue weighted by Crippen LogP contribution is 2.17. The first kappa shape index (κ1) is 21.7. The Balaban J connectivity index is 0. The molecule has 0 aromatic heterocycles. The van der Waals surface area contributed by atoms with Gasteiger partial charge in [0.15, 0.2) is 0 Å². The van der Waals surface area contributed by atoms with Gasteiger partial charge in [0.2, 0.25) is 5.91 Å². The molecule has 1 fully saturated rings. The zero-order chi connectivity index (χ0) is 16.2. The van der Waals surface area contributed by atoms with Crippen LogP contribution in [0.25, 0.3) is 0 Å². The minimum Gasteiger partial charge on any atom is -0.346 e. The third-order valence-electron chi connectivity index (χ3n) is 3.11. The van der Waals surface area contributed by atoms with Gasteiger partial charge in [0.25, 0.3) is 0 Å². The van der Waals surface area contributed by atoms with Crippen molar-refractivity contribution in [3.05, 3.63) is 0 Å². The minimum absolute atomic E-state index is 0.221. The minimum atomic E-state index is 0.221.